The molecule has 176 valence electrons. The second-order valence-corrected chi connectivity index (χ2v) is 9.74. The highest BCUT2D eigenvalue weighted by molar-refractivity contribution is 5.87. The molecule has 0 spiro atoms. The summed E-state index contributed by atoms with van der Waals surface area (Å²) in [4.78, 5) is 25.4. The van der Waals surface area contributed by atoms with Gasteiger partial charge in [-0.1, -0.05) is 54.0 Å². The standard InChI is InChI=1S/C25H42N2O4/c1-9-18(3)23(27-22(28)14-17(2)16-25(4,5)6)24(29)26-13-12-19-10-11-20(30-7)21(15-19)31-8/h10-11,15,17-18,23H,9,12-14,16H2,1-8H3,(H,26,29)(H,27,28). The molecular weight excluding hydrogens is 392 g/mol. The van der Waals surface area contributed by atoms with Crippen molar-refractivity contribution in [2.75, 3.05) is 20.8 Å². The number of nitrogens with one attached hydrogen (secondary N) is 2. The smallest absolute Gasteiger partial charge is 0.242 e. The molecule has 0 saturated carbocycles. The Hall–Kier alpha value is -2.24. The Kier molecular flexibility index (Phi) is 10.9. The summed E-state index contributed by atoms with van der Waals surface area (Å²) in [6, 6.07) is 5.20. The third-order valence-electron chi connectivity index (χ3n) is 5.47. The van der Waals surface area contributed by atoms with Gasteiger partial charge in [-0.15, -0.1) is 0 Å². The van der Waals surface area contributed by atoms with E-state index in [-0.39, 0.29) is 29.1 Å². The fraction of sp³-hybridized carbons (Fsp3) is 0.680. The summed E-state index contributed by atoms with van der Waals surface area (Å²) in [5, 5.41) is 5.96. The van der Waals surface area contributed by atoms with Crippen LogP contribution in [0.2, 0.25) is 0 Å². The first-order chi connectivity index (χ1) is 14.5. The molecule has 3 unspecified atom stereocenters. The van der Waals surface area contributed by atoms with Crippen LogP contribution in [0.3, 0.4) is 0 Å². The van der Waals surface area contributed by atoms with Gasteiger partial charge in [0.05, 0.1) is 14.2 Å². The molecule has 2 amide bonds. The molecule has 1 rings (SSSR count). The van der Waals surface area contributed by atoms with E-state index in [0.717, 1.165) is 18.4 Å². The molecule has 0 aliphatic carbocycles. The summed E-state index contributed by atoms with van der Waals surface area (Å²) in [7, 11) is 3.20. The third kappa shape index (κ3) is 9.62. The van der Waals surface area contributed by atoms with Gasteiger partial charge >= 0.3 is 0 Å². The molecule has 31 heavy (non-hydrogen) atoms. The first kappa shape index (κ1) is 26.8. The predicted molar refractivity (Wildman–Crippen MR) is 125 cm³/mol. The Bertz CT molecular complexity index is 712. The number of amides is 2. The number of carbonyl (C=O) groups is 2. The van der Waals surface area contributed by atoms with Crippen LogP contribution < -0.4 is 20.1 Å². The second-order valence-electron chi connectivity index (χ2n) is 9.74. The highest BCUT2D eigenvalue weighted by atomic mass is 16.5. The maximum Gasteiger partial charge on any atom is 0.242 e. The summed E-state index contributed by atoms with van der Waals surface area (Å²) in [6.07, 6.45) is 2.87. The van der Waals surface area contributed by atoms with E-state index in [2.05, 4.69) is 38.3 Å². The maximum atomic E-state index is 12.8. The number of rotatable bonds is 12. The van der Waals surface area contributed by atoms with Crippen LogP contribution >= 0.6 is 0 Å². The van der Waals surface area contributed by atoms with E-state index in [0.29, 0.717) is 30.9 Å². The first-order valence-electron chi connectivity index (χ1n) is 11.3. The Balaban J connectivity index is 2.65. The minimum Gasteiger partial charge on any atom is -0.493 e. The van der Waals surface area contributed by atoms with E-state index < -0.39 is 6.04 Å². The average molecular weight is 435 g/mol. The van der Waals surface area contributed by atoms with Crippen molar-refractivity contribution >= 4 is 11.8 Å². The van der Waals surface area contributed by atoms with Crippen LogP contribution in [0.4, 0.5) is 0 Å². The van der Waals surface area contributed by atoms with Gasteiger partial charge in [-0.3, -0.25) is 9.59 Å². The third-order valence-corrected chi connectivity index (χ3v) is 5.47. The topological polar surface area (TPSA) is 76.7 Å². The molecule has 2 N–H and O–H groups in total. The lowest BCUT2D eigenvalue weighted by Gasteiger charge is -2.26. The molecule has 1 aromatic rings. The van der Waals surface area contributed by atoms with Gasteiger partial charge in [-0.2, -0.15) is 0 Å². The van der Waals surface area contributed by atoms with Gasteiger partial charge < -0.3 is 20.1 Å². The molecule has 0 aliphatic rings. The number of carbonyl (C=O) groups excluding carboxylic acids is 2. The zero-order valence-electron chi connectivity index (χ0n) is 20.6. The van der Waals surface area contributed by atoms with Gasteiger partial charge in [0.1, 0.15) is 6.04 Å². The van der Waals surface area contributed by atoms with Crippen molar-refractivity contribution in [2.24, 2.45) is 17.3 Å². The zero-order valence-corrected chi connectivity index (χ0v) is 20.6. The maximum absolute atomic E-state index is 12.8. The molecule has 0 aromatic heterocycles. The molecule has 6 nitrogen and oxygen atoms in total. The highest BCUT2D eigenvalue weighted by Crippen LogP contribution is 2.28. The van der Waals surface area contributed by atoms with Crippen molar-refractivity contribution in [3.63, 3.8) is 0 Å². The van der Waals surface area contributed by atoms with Crippen molar-refractivity contribution in [1.29, 1.82) is 0 Å². The Morgan fingerprint density at radius 2 is 1.71 bits per heavy atom. The van der Waals surface area contributed by atoms with E-state index in [4.69, 9.17) is 9.47 Å². The molecule has 0 radical (unpaired) electrons. The molecule has 0 aliphatic heterocycles. The minimum atomic E-state index is -0.523. The number of hydrogen-bond acceptors (Lipinski definition) is 4. The molecule has 0 heterocycles. The lowest BCUT2D eigenvalue weighted by atomic mass is 9.84. The summed E-state index contributed by atoms with van der Waals surface area (Å²) < 4.78 is 10.6. The summed E-state index contributed by atoms with van der Waals surface area (Å²) in [5.74, 6) is 1.48. The van der Waals surface area contributed by atoms with Gasteiger partial charge in [0.2, 0.25) is 11.8 Å². The van der Waals surface area contributed by atoms with Crippen LogP contribution in [0, 0.1) is 17.3 Å². The molecule has 6 heteroatoms. The van der Waals surface area contributed by atoms with Gasteiger partial charge in [-0.25, -0.2) is 0 Å². The van der Waals surface area contributed by atoms with Crippen LogP contribution in [-0.4, -0.2) is 38.6 Å². The van der Waals surface area contributed by atoms with Crippen molar-refractivity contribution in [2.45, 2.75) is 73.3 Å². The number of ether oxygens (including phenoxy) is 2. The average Bonchev–Trinajstić information content (AvgIpc) is 2.69. The Labute approximate surface area is 188 Å². The molecule has 1 aromatic carbocycles. The van der Waals surface area contributed by atoms with Crippen molar-refractivity contribution in [1.82, 2.24) is 10.6 Å². The van der Waals surface area contributed by atoms with Crippen LogP contribution in [0.5, 0.6) is 11.5 Å². The first-order valence-corrected chi connectivity index (χ1v) is 11.3. The van der Waals surface area contributed by atoms with Crippen LogP contribution in [0.1, 0.15) is 66.4 Å². The van der Waals surface area contributed by atoms with E-state index in [1.54, 1.807) is 14.2 Å². The van der Waals surface area contributed by atoms with Crippen LogP contribution in [0.15, 0.2) is 18.2 Å². The van der Waals surface area contributed by atoms with Crippen LogP contribution in [0.25, 0.3) is 0 Å². The van der Waals surface area contributed by atoms with Crippen LogP contribution in [-0.2, 0) is 16.0 Å². The van der Waals surface area contributed by atoms with E-state index in [1.807, 2.05) is 32.0 Å². The normalized spacial score (nSPS) is 14.3. The number of methoxy groups -OCH3 is 2. The SMILES string of the molecule is CCC(C)C(NC(=O)CC(C)CC(C)(C)C)C(=O)NCCc1ccc(OC)c(OC)c1. The largest absolute Gasteiger partial charge is 0.493 e. The molecule has 0 bridgehead atoms. The lowest BCUT2D eigenvalue weighted by molar-refractivity contribution is -0.130. The Morgan fingerprint density at radius 3 is 2.26 bits per heavy atom. The lowest BCUT2D eigenvalue weighted by Crippen LogP contribution is -2.50. The van der Waals surface area contributed by atoms with Gasteiger partial charge in [0.25, 0.3) is 0 Å². The summed E-state index contributed by atoms with van der Waals surface area (Å²) >= 11 is 0. The van der Waals surface area contributed by atoms with E-state index >= 15 is 0 Å². The van der Waals surface area contributed by atoms with Gasteiger partial charge in [-0.05, 0) is 47.8 Å². The van der Waals surface area contributed by atoms with Crippen molar-refractivity contribution < 1.29 is 19.1 Å². The predicted octanol–water partition coefficient (Wildman–Crippen LogP) is 4.36. The molecule has 3 atom stereocenters. The minimum absolute atomic E-state index is 0.0582. The van der Waals surface area contributed by atoms with Gasteiger partial charge in [0.15, 0.2) is 11.5 Å². The highest BCUT2D eigenvalue weighted by Gasteiger charge is 2.26. The quantitative estimate of drug-likeness (QED) is 0.513. The number of benzene rings is 1. The fourth-order valence-electron chi connectivity index (χ4n) is 3.84. The van der Waals surface area contributed by atoms with Crippen molar-refractivity contribution in [3.8, 4) is 11.5 Å². The second kappa shape index (κ2) is 12.6. The van der Waals surface area contributed by atoms with Crippen molar-refractivity contribution in [3.05, 3.63) is 23.8 Å². The number of hydrogen-bond donors (Lipinski definition) is 2. The zero-order chi connectivity index (χ0) is 23.6. The summed E-state index contributed by atoms with van der Waals surface area (Å²) in [5.41, 5.74) is 1.22. The monoisotopic (exact) mass is 434 g/mol. The molecular formula is C25H42N2O4. The van der Waals surface area contributed by atoms with Gasteiger partial charge in [0, 0.05) is 13.0 Å². The molecule has 0 saturated heterocycles. The summed E-state index contributed by atoms with van der Waals surface area (Å²) in [6.45, 7) is 13.1. The molecule has 0 fully saturated rings. The fourth-order valence-corrected chi connectivity index (χ4v) is 3.84. The Morgan fingerprint density at radius 1 is 1.06 bits per heavy atom. The van der Waals surface area contributed by atoms with E-state index in [1.165, 1.54) is 0 Å². The van der Waals surface area contributed by atoms with E-state index in [9.17, 15) is 9.59 Å².